The van der Waals surface area contributed by atoms with Crippen molar-refractivity contribution in [2.75, 3.05) is 6.61 Å². The molecular formula is C33H48N4O5. The molecule has 0 saturated heterocycles. The van der Waals surface area contributed by atoms with Crippen molar-refractivity contribution in [2.24, 2.45) is 4.99 Å². The lowest BCUT2D eigenvalue weighted by Gasteiger charge is -2.18. The van der Waals surface area contributed by atoms with Gasteiger partial charge in [-0.15, -0.1) is 0 Å². The summed E-state index contributed by atoms with van der Waals surface area (Å²) in [5.41, 5.74) is 1.69. The first-order chi connectivity index (χ1) is 20.3. The smallest absolute Gasteiger partial charge is 0.412 e. The number of amidine groups is 1. The van der Waals surface area contributed by atoms with E-state index in [0.29, 0.717) is 29.5 Å². The molecule has 2 amide bonds. The number of hydrogen-bond acceptors (Lipinski definition) is 7. The van der Waals surface area contributed by atoms with Gasteiger partial charge in [-0.05, 0) is 31.9 Å². The fourth-order valence-electron chi connectivity index (χ4n) is 3.63. The summed E-state index contributed by atoms with van der Waals surface area (Å²) < 4.78 is 10.5. The number of rotatable bonds is 11. The van der Waals surface area contributed by atoms with Crippen molar-refractivity contribution in [1.82, 2.24) is 15.6 Å². The summed E-state index contributed by atoms with van der Waals surface area (Å²) in [6.45, 7) is 14.1. The van der Waals surface area contributed by atoms with Crippen LogP contribution in [0.2, 0.25) is 0 Å². The summed E-state index contributed by atoms with van der Waals surface area (Å²) in [5, 5.41) is 5.36. The Morgan fingerprint density at radius 2 is 1.50 bits per heavy atom. The number of aliphatic imine (C=N–C) groups is 1. The molecule has 2 N–H and O–H groups in total. The number of ketones is 1. The molecular weight excluding hydrogens is 532 g/mol. The number of hydrogen-bond donors (Lipinski definition) is 2. The van der Waals surface area contributed by atoms with E-state index in [2.05, 4.69) is 48.3 Å². The lowest BCUT2D eigenvalue weighted by atomic mass is 10.1. The quantitative estimate of drug-likeness (QED) is 0.138. The molecule has 0 radical (unpaired) electrons. The molecule has 0 saturated carbocycles. The van der Waals surface area contributed by atoms with E-state index < -0.39 is 29.9 Å². The lowest BCUT2D eigenvalue weighted by molar-refractivity contribution is -0.122. The Morgan fingerprint density at radius 3 is 2.02 bits per heavy atom. The number of alkyl carbamates (subject to hydrolysis) is 1. The van der Waals surface area contributed by atoms with E-state index in [1.807, 2.05) is 6.07 Å². The zero-order chi connectivity index (χ0) is 31.3. The first-order valence-electron chi connectivity index (χ1n) is 15.1. The average molecular weight is 581 g/mol. The first-order valence-corrected chi connectivity index (χ1v) is 15.1. The van der Waals surface area contributed by atoms with E-state index in [9.17, 15) is 14.4 Å². The molecule has 1 heterocycles. The molecule has 0 fully saturated rings. The van der Waals surface area contributed by atoms with Gasteiger partial charge < -0.3 is 14.5 Å². The molecule has 0 unspecified atom stereocenters. The molecule has 0 aliphatic rings. The highest BCUT2D eigenvalue weighted by molar-refractivity contribution is 6.07. The topological polar surface area (TPSA) is 123 Å². The fourth-order valence-corrected chi connectivity index (χ4v) is 3.63. The van der Waals surface area contributed by atoms with Crippen LogP contribution in [0.25, 0.3) is 11.1 Å². The SMILES string of the molecule is CCC.CCCCC.CCOC(=O)NC(=N[C@@H](CC)C(=O)N[C@@H](CC)C(=O)c1nc2ccccc2o1)c1ccccc1. The summed E-state index contributed by atoms with van der Waals surface area (Å²) in [7, 11) is 0. The van der Waals surface area contributed by atoms with Crippen LogP contribution in [0.3, 0.4) is 0 Å². The third-order valence-corrected chi connectivity index (χ3v) is 5.77. The molecule has 0 spiro atoms. The number of amides is 2. The molecule has 2 aromatic carbocycles. The molecule has 0 aliphatic heterocycles. The Morgan fingerprint density at radius 1 is 0.881 bits per heavy atom. The van der Waals surface area contributed by atoms with Gasteiger partial charge in [-0.3, -0.25) is 19.9 Å². The summed E-state index contributed by atoms with van der Waals surface area (Å²) in [6.07, 6.45) is 5.35. The number of fused-ring (bicyclic) bond motifs is 1. The predicted molar refractivity (Wildman–Crippen MR) is 169 cm³/mol. The number of unbranched alkanes of at least 4 members (excludes halogenated alkanes) is 2. The maximum atomic E-state index is 13.1. The normalized spacial score (nSPS) is 12.1. The summed E-state index contributed by atoms with van der Waals surface area (Å²) >= 11 is 0. The van der Waals surface area contributed by atoms with Crippen molar-refractivity contribution >= 4 is 34.7 Å². The van der Waals surface area contributed by atoms with E-state index in [-0.39, 0.29) is 18.3 Å². The third-order valence-electron chi connectivity index (χ3n) is 5.77. The second kappa shape index (κ2) is 20.8. The number of para-hydroxylation sites is 2. The number of benzene rings is 2. The average Bonchev–Trinajstić information content (AvgIpc) is 3.44. The number of ether oxygens (including phenoxy) is 1. The number of nitrogens with one attached hydrogen (secondary N) is 2. The lowest BCUT2D eigenvalue weighted by Crippen LogP contribution is -2.45. The van der Waals surface area contributed by atoms with Crippen LogP contribution in [0.15, 0.2) is 64.0 Å². The van der Waals surface area contributed by atoms with Crippen LogP contribution in [0.1, 0.15) is 103 Å². The van der Waals surface area contributed by atoms with Gasteiger partial charge in [-0.1, -0.05) is 110 Å². The van der Waals surface area contributed by atoms with Crippen LogP contribution >= 0.6 is 0 Å². The zero-order valence-corrected chi connectivity index (χ0v) is 26.2. The highest BCUT2D eigenvalue weighted by Gasteiger charge is 2.28. The summed E-state index contributed by atoms with van der Waals surface area (Å²) in [4.78, 5) is 46.8. The van der Waals surface area contributed by atoms with Crippen molar-refractivity contribution in [1.29, 1.82) is 0 Å². The van der Waals surface area contributed by atoms with Crippen molar-refractivity contribution in [3.05, 3.63) is 66.1 Å². The molecule has 230 valence electrons. The van der Waals surface area contributed by atoms with Gasteiger partial charge in [0.2, 0.25) is 11.7 Å². The highest BCUT2D eigenvalue weighted by atomic mass is 16.5. The Balaban J connectivity index is 0.000000978. The number of carbonyl (C=O) groups is 3. The number of nitrogens with zero attached hydrogens (tertiary/aromatic N) is 2. The molecule has 3 rings (SSSR count). The molecule has 9 heteroatoms. The second-order valence-electron chi connectivity index (χ2n) is 9.49. The molecule has 0 aliphatic carbocycles. The van der Waals surface area contributed by atoms with E-state index in [1.54, 1.807) is 69.3 Å². The molecule has 2 atom stereocenters. The van der Waals surface area contributed by atoms with Crippen molar-refractivity contribution in [3.63, 3.8) is 0 Å². The minimum absolute atomic E-state index is 0.0566. The van der Waals surface area contributed by atoms with Gasteiger partial charge in [-0.2, -0.15) is 0 Å². The van der Waals surface area contributed by atoms with E-state index in [1.165, 1.54) is 25.7 Å². The van der Waals surface area contributed by atoms with Crippen LogP contribution in [-0.4, -0.2) is 47.3 Å². The summed E-state index contributed by atoms with van der Waals surface area (Å²) in [6, 6.07) is 14.3. The van der Waals surface area contributed by atoms with E-state index in [4.69, 9.17) is 9.15 Å². The van der Waals surface area contributed by atoms with Crippen molar-refractivity contribution < 1.29 is 23.5 Å². The minimum Gasteiger partial charge on any atom is -0.450 e. The maximum absolute atomic E-state index is 13.1. The molecule has 3 aromatic rings. The molecule has 9 nitrogen and oxygen atoms in total. The van der Waals surface area contributed by atoms with Crippen LogP contribution in [0.4, 0.5) is 4.79 Å². The fraction of sp³-hybridized carbons (Fsp3) is 0.485. The number of Topliss-reactive ketones (excluding diaryl/α,β-unsaturated/α-hetero) is 1. The van der Waals surface area contributed by atoms with Gasteiger partial charge in [0.05, 0.1) is 12.6 Å². The molecule has 1 aromatic heterocycles. The largest absolute Gasteiger partial charge is 0.450 e. The Kier molecular flexibility index (Phi) is 17.8. The van der Waals surface area contributed by atoms with Gasteiger partial charge >= 0.3 is 6.09 Å². The van der Waals surface area contributed by atoms with Crippen LogP contribution in [0, 0.1) is 0 Å². The van der Waals surface area contributed by atoms with Crippen molar-refractivity contribution in [2.45, 2.75) is 99.1 Å². The van der Waals surface area contributed by atoms with Crippen LogP contribution < -0.4 is 10.6 Å². The monoisotopic (exact) mass is 580 g/mol. The van der Waals surface area contributed by atoms with Crippen LogP contribution in [-0.2, 0) is 9.53 Å². The Labute approximate surface area is 250 Å². The third kappa shape index (κ3) is 12.2. The van der Waals surface area contributed by atoms with Crippen molar-refractivity contribution in [3.8, 4) is 0 Å². The van der Waals surface area contributed by atoms with Gasteiger partial charge in [-0.25, -0.2) is 9.78 Å². The maximum Gasteiger partial charge on any atom is 0.412 e. The minimum atomic E-state index is -0.845. The van der Waals surface area contributed by atoms with Gasteiger partial charge in [0, 0.05) is 5.56 Å². The van der Waals surface area contributed by atoms with Crippen LogP contribution in [0.5, 0.6) is 0 Å². The van der Waals surface area contributed by atoms with E-state index in [0.717, 1.165) is 0 Å². The number of oxazole rings is 1. The number of aromatic nitrogens is 1. The van der Waals surface area contributed by atoms with E-state index >= 15 is 0 Å². The Bertz CT molecular complexity index is 1200. The second-order valence-corrected chi connectivity index (χ2v) is 9.49. The Hall–Kier alpha value is -4.01. The van der Waals surface area contributed by atoms with Gasteiger partial charge in [0.15, 0.2) is 5.58 Å². The molecule has 42 heavy (non-hydrogen) atoms. The number of carbonyl (C=O) groups excluding carboxylic acids is 3. The predicted octanol–water partition coefficient (Wildman–Crippen LogP) is 7.49. The first kappa shape index (κ1) is 36.0. The molecule has 0 bridgehead atoms. The highest BCUT2D eigenvalue weighted by Crippen LogP contribution is 2.17. The summed E-state index contributed by atoms with van der Waals surface area (Å²) in [5.74, 6) is -0.713. The zero-order valence-electron chi connectivity index (χ0n) is 26.2. The van der Waals surface area contributed by atoms with Gasteiger partial charge in [0.1, 0.15) is 17.4 Å². The van der Waals surface area contributed by atoms with Gasteiger partial charge in [0.25, 0.3) is 5.89 Å². The standard InChI is InChI=1S/C25H28N4O5.C5H12.C3H8/c1-4-17(21(30)24-28-19-14-10-11-15-20(19)34-24)27-23(31)18(5-2)26-22(29-25(32)33-6-3)16-12-8-7-9-13-16;1-3-5-4-2;1-3-2/h7-15,17-18H,4-6H2,1-3H3,(H,27,31)(H,26,29,32);3-5H2,1-2H3;3H2,1-2H3/t17-,18-;;/m0../s1.